The Morgan fingerprint density at radius 1 is 0.311 bits per heavy atom. The summed E-state index contributed by atoms with van der Waals surface area (Å²) >= 11 is 1.87. The zero-order chi connectivity index (χ0) is 40.3. The lowest BCUT2D eigenvalue weighted by Crippen LogP contribution is -2.10. The Balaban J connectivity index is 0.954. The summed E-state index contributed by atoms with van der Waals surface area (Å²) in [6, 6.07) is 81.3. The van der Waals surface area contributed by atoms with E-state index in [0.717, 1.165) is 50.1 Å². The average molecular weight is 796 g/mol. The average Bonchev–Trinajstić information content (AvgIpc) is 3.90. The van der Waals surface area contributed by atoms with Crippen LogP contribution in [0.1, 0.15) is 0 Å². The topological polar surface area (TPSA) is 16.4 Å². The highest BCUT2D eigenvalue weighted by Gasteiger charge is 2.17. The number of anilines is 3. The zero-order valence-electron chi connectivity index (χ0n) is 33.1. The highest BCUT2D eigenvalue weighted by atomic mass is 32.1. The van der Waals surface area contributed by atoms with Crippen LogP contribution >= 0.6 is 11.3 Å². The van der Waals surface area contributed by atoms with Gasteiger partial charge in [-0.3, -0.25) is 0 Å². The van der Waals surface area contributed by atoms with E-state index in [1.54, 1.807) is 0 Å². The molecule has 0 amide bonds. The SMILES string of the molecule is c1cc(-c2ccc3oc4ccccc4c3c2)cc(N(c2ccc(-c3ccc(-c4cccc5ccccc45)cc3)cc2)c2cccc(-c3cccc4c3sc3ccccc34)c2)c1. The van der Waals surface area contributed by atoms with E-state index in [1.165, 1.54) is 64.3 Å². The van der Waals surface area contributed by atoms with E-state index in [2.05, 4.69) is 217 Å². The Kier molecular flexibility index (Phi) is 8.39. The maximum Gasteiger partial charge on any atom is 0.135 e. The van der Waals surface area contributed by atoms with Gasteiger partial charge in [-0.15, -0.1) is 11.3 Å². The van der Waals surface area contributed by atoms with Gasteiger partial charge in [-0.2, -0.15) is 0 Å². The maximum absolute atomic E-state index is 6.19. The summed E-state index contributed by atoms with van der Waals surface area (Å²) < 4.78 is 8.81. The number of para-hydroxylation sites is 1. The third-order valence-corrected chi connectivity index (χ3v) is 13.3. The van der Waals surface area contributed by atoms with Crippen molar-refractivity contribution in [3.63, 3.8) is 0 Å². The predicted octanol–water partition coefficient (Wildman–Crippen LogP) is 17.2. The van der Waals surface area contributed by atoms with Crippen LogP contribution in [-0.2, 0) is 0 Å². The summed E-state index contributed by atoms with van der Waals surface area (Å²) in [6.45, 7) is 0. The first kappa shape index (κ1) is 35.2. The Labute approximate surface area is 357 Å². The van der Waals surface area contributed by atoms with Crippen molar-refractivity contribution in [1.82, 2.24) is 0 Å². The summed E-state index contributed by atoms with van der Waals surface area (Å²) in [5, 5.41) is 7.39. The molecule has 286 valence electrons. The van der Waals surface area contributed by atoms with Crippen LogP contribution in [0.4, 0.5) is 17.1 Å². The Morgan fingerprint density at radius 2 is 0.869 bits per heavy atom. The molecule has 2 heterocycles. The number of benzene rings is 10. The second-order valence-corrected chi connectivity index (χ2v) is 16.7. The van der Waals surface area contributed by atoms with Gasteiger partial charge in [0.1, 0.15) is 11.2 Å². The summed E-state index contributed by atoms with van der Waals surface area (Å²) in [5.41, 5.74) is 14.6. The van der Waals surface area contributed by atoms with Crippen LogP contribution in [0.2, 0.25) is 0 Å². The van der Waals surface area contributed by atoms with Crippen LogP contribution in [-0.4, -0.2) is 0 Å². The van der Waals surface area contributed by atoms with Gasteiger partial charge in [0.25, 0.3) is 0 Å². The van der Waals surface area contributed by atoms with Crippen LogP contribution in [0.25, 0.3) is 97.4 Å². The van der Waals surface area contributed by atoms with Crippen molar-refractivity contribution in [1.29, 1.82) is 0 Å². The lowest BCUT2D eigenvalue weighted by atomic mass is 9.96. The van der Waals surface area contributed by atoms with Gasteiger partial charge in [0, 0.05) is 48.0 Å². The van der Waals surface area contributed by atoms with Gasteiger partial charge in [-0.25, -0.2) is 0 Å². The molecule has 0 aliphatic heterocycles. The van der Waals surface area contributed by atoms with Gasteiger partial charge >= 0.3 is 0 Å². The van der Waals surface area contributed by atoms with Crippen molar-refractivity contribution in [2.24, 2.45) is 0 Å². The third-order valence-electron chi connectivity index (χ3n) is 12.1. The quantitative estimate of drug-likeness (QED) is 0.160. The first-order valence-electron chi connectivity index (χ1n) is 20.7. The third kappa shape index (κ3) is 6.18. The van der Waals surface area contributed by atoms with Gasteiger partial charge in [0.05, 0.1) is 0 Å². The normalized spacial score (nSPS) is 11.6. The van der Waals surface area contributed by atoms with Gasteiger partial charge in [0.15, 0.2) is 0 Å². The van der Waals surface area contributed by atoms with Gasteiger partial charge in [0.2, 0.25) is 0 Å². The van der Waals surface area contributed by atoms with Crippen molar-refractivity contribution in [3.05, 3.63) is 224 Å². The predicted molar refractivity (Wildman–Crippen MR) is 261 cm³/mol. The Hall–Kier alpha value is -7.72. The molecular formula is C58H37NOS. The number of fused-ring (bicyclic) bond motifs is 7. The summed E-state index contributed by atoms with van der Waals surface area (Å²) in [4.78, 5) is 2.39. The number of rotatable bonds is 7. The molecule has 0 bridgehead atoms. The standard InChI is InChI=1S/C58H37NOS/c1-2-17-48-40(11-1)12-9-20-49(48)41-27-25-38(26-28-41)39-29-32-45(33-30-39)59(46-15-7-13-42(35-46)43-31-34-56-54(37-43)51-18-3-5-23-55(51)60-56)47-16-8-14-44(36-47)50-21-10-22-53-52-19-4-6-24-57(52)61-58(50)53/h1-37H. The Morgan fingerprint density at radius 3 is 1.70 bits per heavy atom. The molecule has 12 rings (SSSR count). The summed E-state index contributed by atoms with van der Waals surface area (Å²) in [6.07, 6.45) is 0. The molecule has 0 saturated heterocycles. The fourth-order valence-corrected chi connectivity index (χ4v) is 10.3. The van der Waals surface area contributed by atoms with E-state index in [9.17, 15) is 0 Å². The number of hydrogen-bond acceptors (Lipinski definition) is 3. The van der Waals surface area contributed by atoms with Gasteiger partial charge in [-0.05, 0) is 116 Å². The lowest BCUT2D eigenvalue weighted by Gasteiger charge is -2.27. The highest BCUT2D eigenvalue weighted by molar-refractivity contribution is 7.26. The summed E-state index contributed by atoms with van der Waals surface area (Å²) in [7, 11) is 0. The van der Waals surface area contributed by atoms with Gasteiger partial charge < -0.3 is 9.32 Å². The van der Waals surface area contributed by atoms with Crippen LogP contribution in [0, 0.1) is 0 Å². The Bertz CT molecular complexity index is 3590. The molecule has 0 aliphatic rings. The van der Waals surface area contributed by atoms with E-state index in [0.29, 0.717) is 0 Å². The fraction of sp³-hybridized carbons (Fsp3) is 0. The number of thiophene rings is 1. The number of nitrogens with zero attached hydrogens (tertiary/aromatic N) is 1. The molecule has 2 nitrogen and oxygen atoms in total. The molecule has 61 heavy (non-hydrogen) atoms. The minimum atomic E-state index is 0.900. The lowest BCUT2D eigenvalue weighted by molar-refractivity contribution is 0.669. The molecule has 12 aromatic rings. The minimum absolute atomic E-state index is 0.900. The van der Waals surface area contributed by atoms with Crippen molar-refractivity contribution in [2.45, 2.75) is 0 Å². The molecule has 0 radical (unpaired) electrons. The minimum Gasteiger partial charge on any atom is -0.456 e. The van der Waals surface area contributed by atoms with E-state index < -0.39 is 0 Å². The van der Waals surface area contributed by atoms with E-state index in [4.69, 9.17) is 4.42 Å². The maximum atomic E-state index is 6.19. The van der Waals surface area contributed by atoms with E-state index in [1.807, 2.05) is 23.5 Å². The fourth-order valence-electron chi connectivity index (χ4n) is 9.09. The molecule has 2 aromatic heterocycles. The summed E-state index contributed by atoms with van der Waals surface area (Å²) in [5.74, 6) is 0. The number of hydrogen-bond donors (Lipinski definition) is 0. The molecule has 0 saturated carbocycles. The monoisotopic (exact) mass is 795 g/mol. The molecule has 0 unspecified atom stereocenters. The van der Waals surface area contributed by atoms with E-state index >= 15 is 0 Å². The second-order valence-electron chi connectivity index (χ2n) is 15.7. The molecule has 0 spiro atoms. The van der Waals surface area contributed by atoms with Crippen molar-refractivity contribution in [2.75, 3.05) is 4.90 Å². The molecule has 3 heteroatoms. The van der Waals surface area contributed by atoms with Gasteiger partial charge in [-0.1, -0.05) is 164 Å². The highest BCUT2D eigenvalue weighted by Crippen LogP contribution is 2.43. The largest absolute Gasteiger partial charge is 0.456 e. The number of furan rings is 1. The van der Waals surface area contributed by atoms with Crippen LogP contribution < -0.4 is 4.90 Å². The van der Waals surface area contributed by atoms with E-state index in [-0.39, 0.29) is 0 Å². The van der Waals surface area contributed by atoms with Crippen molar-refractivity contribution in [3.8, 4) is 44.5 Å². The molecule has 0 fully saturated rings. The molecule has 0 atom stereocenters. The van der Waals surface area contributed by atoms with Crippen LogP contribution in [0.3, 0.4) is 0 Å². The first-order chi connectivity index (χ1) is 30.2. The zero-order valence-corrected chi connectivity index (χ0v) is 33.9. The molecule has 0 aliphatic carbocycles. The first-order valence-corrected chi connectivity index (χ1v) is 21.5. The molecule has 10 aromatic carbocycles. The molecule has 0 N–H and O–H groups in total. The van der Waals surface area contributed by atoms with Crippen molar-refractivity contribution >= 4 is 81.3 Å². The smallest absolute Gasteiger partial charge is 0.135 e. The second kappa shape index (κ2) is 14.5. The molecular weight excluding hydrogens is 759 g/mol. The van der Waals surface area contributed by atoms with Crippen molar-refractivity contribution < 1.29 is 4.42 Å². The van der Waals surface area contributed by atoms with Crippen LogP contribution in [0.15, 0.2) is 229 Å². The van der Waals surface area contributed by atoms with Crippen LogP contribution in [0.5, 0.6) is 0 Å².